The second-order valence-electron chi connectivity index (χ2n) is 3.92. The second-order valence-corrected chi connectivity index (χ2v) is 4.83. The molecular formula is C15H15BrO. The van der Waals surface area contributed by atoms with E-state index in [0.717, 1.165) is 16.6 Å². The smallest absolute Gasteiger partial charge is 0.120 e. The summed E-state index contributed by atoms with van der Waals surface area (Å²) in [5.41, 5.74) is 2.55. The van der Waals surface area contributed by atoms with Crippen molar-refractivity contribution in [3.05, 3.63) is 64.1 Å². The van der Waals surface area contributed by atoms with E-state index in [2.05, 4.69) is 47.1 Å². The van der Waals surface area contributed by atoms with E-state index in [4.69, 9.17) is 4.74 Å². The molecular weight excluding hydrogens is 276 g/mol. The number of rotatable bonds is 4. The highest BCUT2D eigenvalue weighted by Crippen LogP contribution is 2.19. The zero-order valence-corrected chi connectivity index (χ0v) is 11.4. The van der Waals surface area contributed by atoms with Gasteiger partial charge in [-0.15, -0.1) is 0 Å². The SMILES string of the molecule is CCc1ccc(COc2cccc(Br)c2)cc1. The van der Waals surface area contributed by atoms with Crippen molar-refractivity contribution in [2.24, 2.45) is 0 Å². The molecule has 88 valence electrons. The molecule has 0 N–H and O–H groups in total. The zero-order chi connectivity index (χ0) is 12.1. The van der Waals surface area contributed by atoms with Gasteiger partial charge in [-0.05, 0) is 35.7 Å². The summed E-state index contributed by atoms with van der Waals surface area (Å²) in [6, 6.07) is 16.4. The van der Waals surface area contributed by atoms with Gasteiger partial charge in [0, 0.05) is 4.47 Å². The third-order valence-corrected chi connectivity index (χ3v) is 3.13. The minimum Gasteiger partial charge on any atom is -0.489 e. The van der Waals surface area contributed by atoms with E-state index < -0.39 is 0 Å². The Labute approximate surface area is 111 Å². The Balaban J connectivity index is 1.97. The van der Waals surface area contributed by atoms with Gasteiger partial charge >= 0.3 is 0 Å². The molecule has 2 aromatic carbocycles. The van der Waals surface area contributed by atoms with Gasteiger partial charge in [0.05, 0.1) is 0 Å². The molecule has 0 aliphatic heterocycles. The molecule has 1 nitrogen and oxygen atoms in total. The van der Waals surface area contributed by atoms with Gasteiger partial charge in [-0.2, -0.15) is 0 Å². The summed E-state index contributed by atoms with van der Waals surface area (Å²) in [6.07, 6.45) is 1.08. The number of aryl methyl sites for hydroxylation is 1. The highest BCUT2D eigenvalue weighted by Gasteiger charge is 1.97. The molecule has 2 rings (SSSR count). The molecule has 0 aliphatic rings. The van der Waals surface area contributed by atoms with Crippen LogP contribution in [0.4, 0.5) is 0 Å². The average molecular weight is 291 g/mol. The molecule has 0 atom stereocenters. The van der Waals surface area contributed by atoms with Crippen LogP contribution < -0.4 is 4.74 Å². The van der Waals surface area contributed by atoms with Gasteiger partial charge in [0.15, 0.2) is 0 Å². The number of benzene rings is 2. The van der Waals surface area contributed by atoms with E-state index in [1.165, 1.54) is 11.1 Å². The first kappa shape index (κ1) is 12.2. The third-order valence-electron chi connectivity index (χ3n) is 2.63. The Morgan fingerprint density at radius 2 is 1.71 bits per heavy atom. The van der Waals surface area contributed by atoms with Gasteiger partial charge in [0.1, 0.15) is 12.4 Å². The summed E-state index contributed by atoms with van der Waals surface area (Å²) in [4.78, 5) is 0. The number of hydrogen-bond acceptors (Lipinski definition) is 1. The van der Waals surface area contributed by atoms with Crippen molar-refractivity contribution in [3.63, 3.8) is 0 Å². The number of halogens is 1. The Bertz CT molecular complexity index is 477. The predicted molar refractivity (Wildman–Crippen MR) is 74.3 cm³/mol. The maximum atomic E-state index is 5.72. The first-order valence-corrected chi connectivity index (χ1v) is 6.53. The van der Waals surface area contributed by atoms with E-state index in [1.807, 2.05) is 24.3 Å². The van der Waals surface area contributed by atoms with Crippen LogP contribution in [0.25, 0.3) is 0 Å². The normalized spacial score (nSPS) is 10.2. The second kappa shape index (κ2) is 5.87. The number of ether oxygens (including phenoxy) is 1. The molecule has 0 aliphatic carbocycles. The molecule has 0 bridgehead atoms. The average Bonchev–Trinajstić information content (AvgIpc) is 2.37. The van der Waals surface area contributed by atoms with E-state index >= 15 is 0 Å². The lowest BCUT2D eigenvalue weighted by atomic mass is 10.1. The molecule has 0 radical (unpaired) electrons. The van der Waals surface area contributed by atoms with Crippen molar-refractivity contribution in [1.29, 1.82) is 0 Å². The van der Waals surface area contributed by atoms with Crippen LogP contribution in [0.2, 0.25) is 0 Å². The van der Waals surface area contributed by atoms with Crippen LogP contribution in [0, 0.1) is 0 Å². The van der Waals surface area contributed by atoms with Crippen molar-refractivity contribution in [1.82, 2.24) is 0 Å². The fourth-order valence-electron chi connectivity index (χ4n) is 1.59. The van der Waals surface area contributed by atoms with E-state index in [-0.39, 0.29) is 0 Å². The Kier molecular flexibility index (Phi) is 4.21. The lowest BCUT2D eigenvalue weighted by Crippen LogP contribution is -1.95. The fraction of sp³-hybridized carbons (Fsp3) is 0.200. The molecule has 0 spiro atoms. The number of hydrogen-bond donors (Lipinski definition) is 0. The summed E-state index contributed by atoms with van der Waals surface area (Å²) in [5, 5.41) is 0. The topological polar surface area (TPSA) is 9.23 Å². The van der Waals surface area contributed by atoms with Crippen LogP contribution >= 0.6 is 15.9 Å². The molecule has 0 fully saturated rings. The Morgan fingerprint density at radius 1 is 1.00 bits per heavy atom. The van der Waals surface area contributed by atoms with Crippen LogP contribution in [0.3, 0.4) is 0 Å². The van der Waals surface area contributed by atoms with Gasteiger partial charge in [-0.3, -0.25) is 0 Å². The van der Waals surface area contributed by atoms with Crippen molar-refractivity contribution in [2.45, 2.75) is 20.0 Å². The highest BCUT2D eigenvalue weighted by atomic mass is 79.9. The minimum absolute atomic E-state index is 0.612. The lowest BCUT2D eigenvalue weighted by Gasteiger charge is -2.07. The maximum absolute atomic E-state index is 5.72. The van der Waals surface area contributed by atoms with Gasteiger partial charge < -0.3 is 4.74 Å². The molecule has 0 amide bonds. The van der Waals surface area contributed by atoms with E-state index in [0.29, 0.717) is 6.61 Å². The predicted octanol–water partition coefficient (Wildman–Crippen LogP) is 4.59. The minimum atomic E-state index is 0.612. The standard InChI is InChI=1S/C15H15BrO/c1-2-12-6-8-13(9-7-12)11-17-15-5-3-4-14(16)10-15/h3-10H,2,11H2,1H3. The Morgan fingerprint density at radius 3 is 2.35 bits per heavy atom. The molecule has 17 heavy (non-hydrogen) atoms. The summed E-state index contributed by atoms with van der Waals surface area (Å²) < 4.78 is 6.75. The van der Waals surface area contributed by atoms with Crippen LogP contribution in [0.15, 0.2) is 53.0 Å². The molecule has 2 aromatic rings. The Hall–Kier alpha value is -1.28. The third kappa shape index (κ3) is 3.60. The van der Waals surface area contributed by atoms with E-state index in [9.17, 15) is 0 Å². The van der Waals surface area contributed by atoms with Crippen molar-refractivity contribution in [3.8, 4) is 5.75 Å². The van der Waals surface area contributed by atoms with Gasteiger partial charge in [0.25, 0.3) is 0 Å². The maximum Gasteiger partial charge on any atom is 0.120 e. The molecule has 2 heteroatoms. The van der Waals surface area contributed by atoms with Crippen LogP contribution in [0.5, 0.6) is 5.75 Å². The summed E-state index contributed by atoms with van der Waals surface area (Å²) in [6.45, 7) is 2.77. The molecule has 0 heterocycles. The lowest BCUT2D eigenvalue weighted by molar-refractivity contribution is 0.306. The molecule has 0 aromatic heterocycles. The monoisotopic (exact) mass is 290 g/mol. The van der Waals surface area contributed by atoms with Crippen LogP contribution in [0.1, 0.15) is 18.1 Å². The molecule has 0 unspecified atom stereocenters. The quantitative estimate of drug-likeness (QED) is 0.800. The van der Waals surface area contributed by atoms with E-state index in [1.54, 1.807) is 0 Å². The van der Waals surface area contributed by atoms with Crippen LogP contribution in [-0.2, 0) is 13.0 Å². The van der Waals surface area contributed by atoms with Gasteiger partial charge in [-0.25, -0.2) is 0 Å². The first-order chi connectivity index (χ1) is 8.28. The van der Waals surface area contributed by atoms with Crippen molar-refractivity contribution >= 4 is 15.9 Å². The summed E-state index contributed by atoms with van der Waals surface area (Å²) in [5.74, 6) is 0.888. The van der Waals surface area contributed by atoms with Crippen LogP contribution in [-0.4, -0.2) is 0 Å². The summed E-state index contributed by atoms with van der Waals surface area (Å²) >= 11 is 3.43. The summed E-state index contributed by atoms with van der Waals surface area (Å²) in [7, 11) is 0. The molecule has 0 saturated carbocycles. The highest BCUT2D eigenvalue weighted by molar-refractivity contribution is 9.10. The zero-order valence-electron chi connectivity index (χ0n) is 9.82. The van der Waals surface area contributed by atoms with Gasteiger partial charge in [0.2, 0.25) is 0 Å². The van der Waals surface area contributed by atoms with Gasteiger partial charge in [-0.1, -0.05) is 53.2 Å². The van der Waals surface area contributed by atoms with Crippen molar-refractivity contribution in [2.75, 3.05) is 0 Å². The molecule has 0 saturated heterocycles. The van der Waals surface area contributed by atoms with Crippen molar-refractivity contribution < 1.29 is 4.74 Å². The first-order valence-electron chi connectivity index (χ1n) is 5.74. The largest absolute Gasteiger partial charge is 0.489 e. The fourth-order valence-corrected chi connectivity index (χ4v) is 1.97.